The van der Waals surface area contributed by atoms with Crippen LogP contribution in [-0.4, -0.2) is 21.4 Å². The highest BCUT2D eigenvalue weighted by Crippen LogP contribution is 2.30. The number of nitro groups is 1. The molecule has 0 aliphatic heterocycles. The van der Waals surface area contributed by atoms with Crippen molar-refractivity contribution in [3.05, 3.63) is 28.4 Å². The summed E-state index contributed by atoms with van der Waals surface area (Å²) in [4.78, 5) is 25.3. The summed E-state index contributed by atoms with van der Waals surface area (Å²) in [5.41, 5.74) is -0.0145. The lowest BCUT2D eigenvalue weighted by Crippen LogP contribution is -2.07. The molecule has 7 heteroatoms. The normalized spacial score (nSPS) is 10.6. The Kier molecular flexibility index (Phi) is 6.14. The van der Waals surface area contributed by atoms with Gasteiger partial charge in [0.15, 0.2) is 0 Å². The molecule has 0 saturated heterocycles. The molecule has 0 radical (unpaired) electrons. The van der Waals surface area contributed by atoms with Crippen LogP contribution in [0.15, 0.2) is 23.4 Å². The second-order valence-electron chi connectivity index (χ2n) is 3.89. The maximum absolute atomic E-state index is 11.4. The predicted molar refractivity (Wildman–Crippen MR) is 73.7 cm³/mol. The van der Waals surface area contributed by atoms with Crippen molar-refractivity contribution in [1.82, 2.24) is 4.98 Å². The molecule has 18 heavy (non-hydrogen) atoms. The molecule has 0 aromatic carbocycles. The van der Waals surface area contributed by atoms with Crippen LogP contribution >= 0.6 is 21.6 Å². The van der Waals surface area contributed by atoms with Gasteiger partial charge in [-0.25, -0.2) is 4.98 Å². The minimum atomic E-state index is -0.476. The van der Waals surface area contributed by atoms with Crippen LogP contribution < -0.4 is 0 Å². The van der Waals surface area contributed by atoms with Crippen LogP contribution in [0.25, 0.3) is 0 Å². The lowest BCUT2D eigenvalue weighted by Gasteiger charge is -2.03. The summed E-state index contributed by atoms with van der Waals surface area (Å²) >= 11 is 0. The molecule has 0 spiro atoms. The molecule has 98 valence electrons. The number of rotatable bonds is 7. The standard InChI is InChI=1S/C11H14N2O3S2/c1-8(2)10(14)5-6-17-18-11-4-3-9(7-12-11)13(15)16/h3-4,7-8H,5-6H2,1-2H3. The highest BCUT2D eigenvalue weighted by atomic mass is 33.1. The van der Waals surface area contributed by atoms with E-state index in [0.717, 1.165) is 5.75 Å². The molecule has 1 aromatic heterocycles. The van der Waals surface area contributed by atoms with Gasteiger partial charge in [-0.3, -0.25) is 14.9 Å². The van der Waals surface area contributed by atoms with Gasteiger partial charge in [0.25, 0.3) is 5.69 Å². The van der Waals surface area contributed by atoms with Crippen molar-refractivity contribution in [2.45, 2.75) is 25.3 Å². The van der Waals surface area contributed by atoms with Crippen molar-refractivity contribution < 1.29 is 9.72 Å². The summed E-state index contributed by atoms with van der Waals surface area (Å²) < 4.78 is 0. The van der Waals surface area contributed by atoms with E-state index < -0.39 is 4.92 Å². The second kappa shape index (κ2) is 7.38. The summed E-state index contributed by atoms with van der Waals surface area (Å²) in [7, 11) is 2.96. The van der Waals surface area contributed by atoms with Gasteiger partial charge < -0.3 is 0 Å². The molecule has 0 unspecified atom stereocenters. The monoisotopic (exact) mass is 286 g/mol. The molecule has 0 fully saturated rings. The van der Waals surface area contributed by atoms with E-state index in [1.165, 1.54) is 33.9 Å². The molecule has 0 saturated carbocycles. The van der Waals surface area contributed by atoms with Crippen molar-refractivity contribution in [1.29, 1.82) is 0 Å². The third-order valence-electron chi connectivity index (χ3n) is 2.15. The molecule has 0 N–H and O–H groups in total. The molecule has 0 aliphatic carbocycles. The number of ketones is 1. The zero-order valence-corrected chi connectivity index (χ0v) is 11.8. The summed E-state index contributed by atoms with van der Waals surface area (Å²) in [5.74, 6) is 1.05. The van der Waals surface area contributed by atoms with Crippen LogP contribution in [-0.2, 0) is 4.79 Å². The van der Waals surface area contributed by atoms with Crippen LogP contribution in [0.5, 0.6) is 0 Å². The first kappa shape index (κ1) is 15.0. The Hall–Kier alpha value is -1.08. The fourth-order valence-electron chi connectivity index (χ4n) is 1.06. The van der Waals surface area contributed by atoms with E-state index in [4.69, 9.17) is 0 Å². The smallest absolute Gasteiger partial charge is 0.287 e. The largest absolute Gasteiger partial charge is 0.299 e. The summed E-state index contributed by atoms with van der Waals surface area (Å²) in [6.45, 7) is 3.77. The molecule has 0 amide bonds. The van der Waals surface area contributed by atoms with Gasteiger partial charge in [-0.2, -0.15) is 0 Å². The van der Waals surface area contributed by atoms with Gasteiger partial charge in [0, 0.05) is 24.2 Å². The van der Waals surface area contributed by atoms with E-state index >= 15 is 0 Å². The Balaban J connectivity index is 2.31. The zero-order chi connectivity index (χ0) is 13.5. The predicted octanol–water partition coefficient (Wildman–Crippen LogP) is 3.35. The second-order valence-corrected chi connectivity index (χ2v) is 6.32. The minimum absolute atomic E-state index is 0.0145. The maximum Gasteiger partial charge on any atom is 0.287 e. The van der Waals surface area contributed by atoms with E-state index in [-0.39, 0.29) is 17.4 Å². The average Bonchev–Trinajstić information content (AvgIpc) is 2.34. The van der Waals surface area contributed by atoms with Gasteiger partial charge >= 0.3 is 0 Å². The van der Waals surface area contributed by atoms with E-state index in [1.807, 2.05) is 13.8 Å². The maximum atomic E-state index is 11.4. The number of carbonyl (C=O) groups is 1. The van der Waals surface area contributed by atoms with Crippen molar-refractivity contribution in [3.8, 4) is 0 Å². The lowest BCUT2D eigenvalue weighted by molar-refractivity contribution is -0.385. The molecule has 5 nitrogen and oxygen atoms in total. The van der Waals surface area contributed by atoms with Gasteiger partial charge in [0.2, 0.25) is 0 Å². The molecular formula is C11H14N2O3S2. The number of hydrogen-bond acceptors (Lipinski definition) is 6. The number of carbonyl (C=O) groups excluding carboxylic acids is 1. The fraction of sp³-hybridized carbons (Fsp3) is 0.455. The number of Topliss-reactive ketones (excluding diaryl/α,β-unsaturated/α-hetero) is 1. The Bertz CT molecular complexity index is 421. The third kappa shape index (κ3) is 5.05. The SMILES string of the molecule is CC(C)C(=O)CCSSc1ccc([N+](=O)[O-])cn1. The van der Waals surface area contributed by atoms with Crippen LogP contribution in [0.3, 0.4) is 0 Å². The highest BCUT2D eigenvalue weighted by molar-refractivity contribution is 8.76. The first-order valence-corrected chi connectivity index (χ1v) is 7.75. The molecule has 0 aliphatic rings. The van der Waals surface area contributed by atoms with Gasteiger partial charge in [-0.1, -0.05) is 24.6 Å². The lowest BCUT2D eigenvalue weighted by atomic mass is 10.1. The topological polar surface area (TPSA) is 73.1 Å². The molecule has 1 aromatic rings. The number of hydrogen-bond donors (Lipinski definition) is 0. The quantitative estimate of drug-likeness (QED) is 0.331. The average molecular weight is 286 g/mol. The number of pyridine rings is 1. The van der Waals surface area contributed by atoms with Crippen LogP contribution in [0.1, 0.15) is 20.3 Å². The van der Waals surface area contributed by atoms with Crippen molar-refractivity contribution in [2.75, 3.05) is 5.75 Å². The highest BCUT2D eigenvalue weighted by Gasteiger charge is 2.08. The molecule has 0 atom stereocenters. The Morgan fingerprint density at radius 1 is 1.50 bits per heavy atom. The van der Waals surface area contributed by atoms with Gasteiger partial charge in [0.05, 0.1) is 4.92 Å². The third-order valence-corrected chi connectivity index (χ3v) is 4.42. The molecule has 1 heterocycles. The minimum Gasteiger partial charge on any atom is -0.299 e. The van der Waals surface area contributed by atoms with Gasteiger partial charge in [-0.15, -0.1) is 0 Å². The van der Waals surface area contributed by atoms with Gasteiger partial charge in [0.1, 0.15) is 17.0 Å². The summed E-state index contributed by atoms with van der Waals surface area (Å²) in [6, 6.07) is 3.04. The fourth-order valence-corrected chi connectivity index (χ4v) is 2.93. The van der Waals surface area contributed by atoms with Crippen LogP contribution in [0, 0.1) is 16.0 Å². The Morgan fingerprint density at radius 2 is 2.22 bits per heavy atom. The van der Waals surface area contributed by atoms with Crippen LogP contribution in [0.4, 0.5) is 5.69 Å². The van der Waals surface area contributed by atoms with Crippen LogP contribution in [0.2, 0.25) is 0 Å². The van der Waals surface area contributed by atoms with Crippen molar-refractivity contribution >= 4 is 33.1 Å². The Morgan fingerprint density at radius 3 is 2.72 bits per heavy atom. The molecule has 0 bridgehead atoms. The number of nitrogens with zero attached hydrogens (tertiary/aromatic N) is 2. The van der Waals surface area contributed by atoms with E-state index in [1.54, 1.807) is 6.07 Å². The molecular weight excluding hydrogens is 272 g/mol. The summed E-state index contributed by atoms with van der Waals surface area (Å²) in [5, 5.41) is 11.1. The van der Waals surface area contributed by atoms with E-state index in [9.17, 15) is 14.9 Å². The number of aromatic nitrogens is 1. The van der Waals surface area contributed by atoms with Crippen molar-refractivity contribution in [2.24, 2.45) is 5.92 Å². The summed E-state index contributed by atoms with van der Waals surface area (Å²) in [6.07, 6.45) is 1.78. The van der Waals surface area contributed by atoms with Crippen molar-refractivity contribution in [3.63, 3.8) is 0 Å². The first-order valence-electron chi connectivity index (χ1n) is 5.43. The zero-order valence-electron chi connectivity index (χ0n) is 10.2. The first-order chi connectivity index (χ1) is 8.50. The van der Waals surface area contributed by atoms with E-state index in [0.29, 0.717) is 11.4 Å². The van der Waals surface area contributed by atoms with E-state index in [2.05, 4.69) is 4.98 Å². The van der Waals surface area contributed by atoms with Gasteiger partial charge in [-0.05, 0) is 16.9 Å². The Labute approximate surface area is 113 Å². The molecule has 1 rings (SSSR count).